The van der Waals surface area contributed by atoms with E-state index in [9.17, 15) is 9.59 Å². The number of carbonyl (C=O) groups excluding carboxylic acids is 2. The zero-order valence-corrected chi connectivity index (χ0v) is 20.0. The number of likely N-dealkylation sites (tertiary alicyclic amines) is 1. The molecule has 2 aromatic rings. The first kappa shape index (κ1) is 23.3. The summed E-state index contributed by atoms with van der Waals surface area (Å²) in [5.41, 5.74) is 2.32. The molecular formula is C26H36N4O3. The molecule has 2 aliphatic rings. The van der Waals surface area contributed by atoms with Crippen LogP contribution in [0.25, 0.3) is 11.3 Å². The molecule has 0 unspecified atom stereocenters. The molecule has 0 atom stereocenters. The maximum Gasteiger partial charge on any atom is 0.320 e. The predicted octanol–water partition coefficient (Wildman–Crippen LogP) is 4.22. The number of nitrogens with zero attached hydrogens (tertiary/aromatic N) is 4. The van der Waals surface area contributed by atoms with Crippen molar-refractivity contribution in [2.75, 3.05) is 39.3 Å². The van der Waals surface area contributed by atoms with Gasteiger partial charge in [0.2, 0.25) is 5.91 Å². The molecule has 0 aliphatic carbocycles. The normalized spacial score (nSPS) is 17.0. The Morgan fingerprint density at radius 3 is 2.21 bits per heavy atom. The van der Waals surface area contributed by atoms with E-state index in [0.717, 1.165) is 43.7 Å². The molecule has 2 fully saturated rings. The molecule has 0 bridgehead atoms. The molecule has 2 aliphatic heterocycles. The van der Waals surface area contributed by atoms with E-state index >= 15 is 0 Å². The first-order valence-corrected chi connectivity index (χ1v) is 12.4. The lowest BCUT2D eigenvalue weighted by Crippen LogP contribution is -2.54. The predicted molar refractivity (Wildman–Crippen MR) is 128 cm³/mol. The second kappa shape index (κ2) is 10.9. The fourth-order valence-corrected chi connectivity index (χ4v) is 4.64. The van der Waals surface area contributed by atoms with Crippen molar-refractivity contribution in [3.8, 4) is 11.3 Å². The molecule has 0 N–H and O–H groups in total. The van der Waals surface area contributed by atoms with Crippen LogP contribution in [0.4, 0.5) is 4.79 Å². The van der Waals surface area contributed by atoms with Crippen LogP contribution >= 0.6 is 0 Å². The van der Waals surface area contributed by atoms with Crippen molar-refractivity contribution < 1.29 is 14.0 Å². The number of oxazole rings is 1. The molecule has 3 heterocycles. The van der Waals surface area contributed by atoms with Crippen LogP contribution < -0.4 is 0 Å². The summed E-state index contributed by atoms with van der Waals surface area (Å²) >= 11 is 0. The van der Waals surface area contributed by atoms with Gasteiger partial charge in [-0.1, -0.05) is 38.1 Å². The average molecular weight is 453 g/mol. The van der Waals surface area contributed by atoms with E-state index in [1.54, 1.807) is 6.20 Å². The maximum atomic E-state index is 12.7. The Labute approximate surface area is 196 Å². The zero-order valence-electron chi connectivity index (χ0n) is 20.0. The Bertz CT molecular complexity index is 923. The quantitative estimate of drug-likeness (QED) is 0.658. The minimum atomic E-state index is 0.0952. The fourth-order valence-electron chi connectivity index (χ4n) is 4.64. The molecule has 33 heavy (non-hydrogen) atoms. The number of hydrogen-bond acceptors (Lipinski definition) is 4. The lowest BCUT2D eigenvalue weighted by molar-refractivity contribution is -0.132. The van der Waals surface area contributed by atoms with Crippen LogP contribution in [0.2, 0.25) is 0 Å². The highest BCUT2D eigenvalue weighted by Gasteiger charge is 2.27. The number of hydrogen-bond donors (Lipinski definition) is 0. The number of amides is 3. The Balaban J connectivity index is 1.23. The lowest BCUT2D eigenvalue weighted by atomic mass is 10.0. The van der Waals surface area contributed by atoms with E-state index in [2.05, 4.69) is 43.1 Å². The second-order valence-electron chi connectivity index (χ2n) is 9.61. The van der Waals surface area contributed by atoms with E-state index < -0.39 is 0 Å². The minimum absolute atomic E-state index is 0.0952. The number of aryl methyl sites for hydroxylation is 1. The standard InChI is InChI=1S/C26H36N4O3/c1-20(2)18-21-6-8-22(9-7-21)23-19-27-24(33-23)10-11-25(31)28-14-16-30(17-15-28)26(32)29-12-4-3-5-13-29/h6-9,19-20H,3-5,10-18H2,1-2H3. The van der Waals surface area contributed by atoms with Crippen LogP contribution in [0, 0.1) is 5.92 Å². The van der Waals surface area contributed by atoms with E-state index in [1.165, 1.54) is 12.0 Å². The third kappa shape index (κ3) is 6.15. The molecule has 3 amide bonds. The SMILES string of the molecule is CC(C)Cc1ccc(-c2cnc(CCC(=O)N3CCN(C(=O)N4CCCCC4)CC3)o2)cc1. The highest BCUT2D eigenvalue weighted by Crippen LogP contribution is 2.22. The summed E-state index contributed by atoms with van der Waals surface area (Å²) < 4.78 is 5.90. The fraction of sp³-hybridized carbons (Fsp3) is 0.577. The number of aromatic nitrogens is 1. The highest BCUT2D eigenvalue weighted by atomic mass is 16.4. The second-order valence-corrected chi connectivity index (χ2v) is 9.61. The lowest BCUT2D eigenvalue weighted by Gasteiger charge is -2.38. The van der Waals surface area contributed by atoms with Crippen molar-refractivity contribution in [3.05, 3.63) is 41.9 Å². The van der Waals surface area contributed by atoms with Crippen molar-refractivity contribution in [1.82, 2.24) is 19.7 Å². The van der Waals surface area contributed by atoms with Crippen molar-refractivity contribution in [2.24, 2.45) is 5.92 Å². The van der Waals surface area contributed by atoms with Gasteiger partial charge in [-0.25, -0.2) is 9.78 Å². The van der Waals surface area contributed by atoms with E-state index in [-0.39, 0.29) is 11.9 Å². The summed E-state index contributed by atoms with van der Waals surface area (Å²) in [6.07, 6.45) is 7.05. The van der Waals surface area contributed by atoms with E-state index in [4.69, 9.17) is 4.42 Å². The monoisotopic (exact) mass is 452 g/mol. The van der Waals surface area contributed by atoms with Crippen LogP contribution in [-0.4, -0.2) is 70.9 Å². The van der Waals surface area contributed by atoms with Crippen molar-refractivity contribution in [1.29, 1.82) is 0 Å². The van der Waals surface area contributed by atoms with Gasteiger partial charge in [-0.3, -0.25) is 4.79 Å². The van der Waals surface area contributed by atoms with Crippen molar-refractivity contribution in [3.63, 3.8) is 0 Å². The molecule has 0 radical (unpaired) electrons. The van der Waals surface area contributed by atoms with Gasteiger partial charge in [0.15, 0.2) is 11.7 Å². The largest absolute Gasteiger partial charge is 0.441 e. The molecule has 1 aromatic carbocycles. The third-order valence-electron chi connectivity index (χ3n) is 6.52. The van der Waals surface area contributed by atoms with E-state index in [1.807, 2.05) is 14.7 Å². The number of benzene rings is 1. The van der Waals surface area contributed by atoms with E-state index in [0.29, 0.717) is 50.8 Å². The number of piperazine rings is 1. The topological polar surface area (TPSA) is 69.9 Å². The molecular weight excluding hydrogens is 416 g/mol. The van der Waals surface area contributed by atoms with Gasteiger partial charge < -0.3 is 19.1 Å². The summed E-state index contributed by atoms with van der Waals surface area (Å²) in [6, 6.07) is 8.54. The molecule has 7 nitrogen and oxygen atoms in total. The zero-order chi connectivity index (χ0) is 23.2. The molecule has 4 rings (SSSR count). The van der Waals surface area contributed by atoms with Crippen LogP contribution in [0.5, 0.6) is 0 Å². The van der Waals surface area contributed by atoms with Crippen LogP contribution in [0.15, 0.2) is 34.9 Å². The minimum Gasteiger partial charge on any atom is -0.441 e. The van der Waals surface area contributed by atoms with Gasteiger partial charge in [0, 0.05) is 57.7 Å². The van der Waals surface area contributed by atoms with Gasteiger partial charge in [0.05, 0.1) is 6.20 Å². The smallest absolute Gasteiger partial charge is 0.320 e. The molecule has 7 heteroatoms. The summed E-state index contributed by atoms with van der Waals surface area (Å²) in [7, 11) is 0. The Morgan fingerprint density at radius 1 is 0.909 bits per heavy atom. The Hall–Kier alpha value is -2.83. The van der Waals surface area contributed by atoms with Crippen molar-refractivity contribution >= 4 is 11.9 Å². The van der Waals surface area contributed by atoms with Gasteiger partial charge in [0.1, 0.15) is 0 Å². The summed E-state index contributed by atoms with van der Waals surface area (Å²) in [4.78, 5) is 35.4. The summed E-state index contributed by atoms with van der Waals surface area (Å²) in [5, 5.41) is 0. The number of urea groups is 1. The average Bonchev–Trinajstić information content (AvgIpc) is 3.32. The number of carbonyl (C=O) groups is 2. The summed E-state index contributed by atoms with van der Waals surface area (Å²) in [6.45, 7) is 8.56. The Morgan fingerprint density at radius 2 is 1.55 bits per heavy atom. The molecule has 178 valence electrons. The first-order chi connectivity index (χ1) is 16.0. The third-order valence-corrected chi connectivity index (χ3v) is 6.52. The van der Waals surface area contributed by atoms with Crippen LogP contribution in [-0.2, 0) is 17.6 Å². The summed E-state index contributed by atoms with van der Waals surface area (Å²) in [5.74, 6) is 2.04. The van der Waals surface area contributed by atoms with Gasteiger partial charge in [-0.2, -0.15) is 0 Å². The molecule has 0 spiro atoms. The van der Waals surface area contributed by atoms with Gasteiger partial charge in [-0.15, -0.1) is 0 Å². The Kier molecular flexibility index (Phi) is 7.68. The highest BCUT2D eigenvalue weighted by molar-refractivity contribution is 5.78. The van der Waals surface area contributed by atoms with Crippen molar-refractivity contribution in [2.45, 2.75) is 52.4 Å². The molecule has 2 saturated heterocycles. The number of rotatable bonds is 6. The van der Waals surface area contributed by atoms with Crippen LogP contribution in [0.3, 0.4) is 0 Å². The molecule has 0 saturated carbocycles. The molecule has 1 aromatic heterocycles. The van der Waals surface area contributed by atoms with Gasteiger partial charge >= 0.3 is 6.03 Å². The van der Waals surface area contributed by atoms with Gasteiger partial charge in [-0.05, 0) is 37.2 Å². The van der Waals surface area contributed by atoms with Gasteiger partial charge in [0.25, 0.3) is 0 Å². The van der Waals surface area contributed by atoms with Crippen LogP contribution in [0.1, 0.15) is 51.0 Å². The maximum absolute atomic E-state index is 12.7. The first-order valence-electron chi connectivity index (χ1n) is 12.4. The number of piperidine rings is 1.